The molecule has 1 fully saturated rings. The minimum Gasteiger partial charge on any atom is -0.383 e. The lowest BCUT2D eigenvalue weighted by Crippen LogP contribution is -2.03. The van der Waals surface area contributed by atoms with E-state index in [4.69, 9.17) is 17.3 Å². The number of halogens is 1. The smallest absolute Gasteiger partial charge is 0.150 e. The van der Waals surface area contributed by atoms with E-state index in [0.717, 1.165) is 0 Å². The van der Waals surface area contributed by atoms with E-state index in [9.17, 15) is 0 Å². The Kier molecular flexibility index (Phi) is 3.63. The van der Waals surface area contributed by atoms with Gasteiger partial charge in [0.15, 0.2) is 0 Å². The van der Waals surface area contributed by atoms with Crippen LogP contribution in [0.5, 0.6) is 0 Å². The number of anilines is 1. The first-order chi connectivity index (χ1) is 7.77. The largest absolute Gasteiger partial charge is 0.383 e. The maximum absolute atomic E-state index is 5.91. The summed E-state index contributed by atoms with van der Waals surface area (Å²) in [5, 5.41) is 0.343. The summed E-state index contributed by atoms with van der Waals surface area (Å²) in [5.41, 5.74) is 6.26. The maximum Gasteiger partial charge on any atom is 0.150 e. The van der Waals surface area contributed by atoms with Gasteiger partial charge in [-0.2, -0.15) is 0 Å². The van der Waals surface area contributed by atoms with Crippen LogP contribution in [0.15, 0.2) is 6.33 Å². The molecule has 1 saturated carbocycles. The van der Waals surface area contributed by atoms with Crippen molar-refractivity contribution in [2.45, 2.75) is 32.1 Å². The maximum atomic E-state index is 5.91. The number of nitrogens with zero attached hydrogens (tertiary/aromatic N) is 2. The number of nitrogen functional groups attached to an aromatic ring is 1. The van der Waals surface area contributed by atoms with Crippen LogP contribution in [-0.2, 0) is 0 Å². The first-order valence-corrected chi connectivity index (χ1v) is 5.92. The summed E-state index contributed by atoms with van der Waals surface area (Å²) in [6, 6.07) is 0. The Morgan fingerprint density at radius 1 is 1.25 bits per heavy atom. The number of rotatable bonds is 0. The molecular formula is C12H14ClN3. The van der Waals surface area contributed by atoms with Crippen molar-refractivity contribution in [3.05, 3.63) is 17.0 Å². The Morgan fingerprint density at radius 3 is 2.69 bits per heavy atom. The second-order valence-corrected chi connectivity index (χ2v) is 4.39. The van der Waals surface area contributed by atoms with Crippen molar-refractivity contribution in [2.24, 2.45) is 5.92 Å². The van der Waals surface area contributed by atoms with Gasteiger partial charge in [-0.25, -0.2) is 9.97 Å². The molecule has 1 aromatic rings. The van der Waals surface area contributed by atoms with E-state index in [1.54, 1.807) is 0 Å². The molecular weight excluding hydrogens is 222 g/mol. The fourth-order valence-electron chi connectivity index (χ4n) is 1.91. The number of aromatic nitrogens is 2. The summed E-state index contributed by atoms with van der Waals surface area (Å²) in [7, 11) is 0. The van der Waals surface area contributed by atoms with E-state index >= 15 is 0 Å². The second kappa shape index (κ2) is 5.18. The van der Waals surface area contributed by atoms with Gasteiger partial charge in [-0.05, 0) is 12.8 Å². The average molecular weight is 236 g/mol. The van der Waals surface area contributed by atoms with Gasteiger partial charge in [-0.1, -0.05) is 42.7 Å². The van der Waals surface area contributed by atoms with Crippen LogP contribution in [0.3, 0.4) is 0 Å². The Bertz CT molecular complexity index is 407. The standard InChI is InChI=1S/C12H14ClN3/c13-11-10(12(14)16-8-15-11)7-6-9-4-2-1-3-5-9/h8-9H,1-5H2,(H2,14,15,16). The van der Waals surface area contributed by atoms with Crippen molar-refractivity contribution in [3.63, 3.8) is 0 Å². The van der Waals surface area contributed by atoms with E-state index in [1.165, 1.54) is 38.4 Å². The van der Waals surface area contributed by atoms with Gasteiger partial charge in [0.1, 0.15) is 22.9 Å². The lowest BCUT2D eigenvalue weighted by Gasteiger charge is -2.15. The number of nitrogens with two attached hydrogens (primary N) is 1. The molecule has 0 aliphatic heterocycles. The van der Waals surface area contributed by atoms with Crippen molar-refractivity contribution in [2.75, 3.05) is 5.73 Å². The second-order valence-electron chi connectivity index (χ2n) is 4.03. The molecule has 0 spiro atoms. The van der Waals surface area contributed by atoms with Gasteiger partial charge in [-0.15, -0.1) is 0 Å². The monoisotopic (exact) mass is 235 g/mol. The van der Waals surface area contributed by atoms with Crippen LogP contribution in [-0.4, -0.2) is 9.97 Å². The lowest BCUT2D eigenvalue weighted by molar-refractivity contribution is 0.430. The molecule has 3 nitrogen and oxygen atoms in total. The summed E-state index contributed by atoms with van der Waals surface area (Å²) in [6.45, 7) is 0. The zero-order chi connectivity index (χ0) is 11.4. The SMILES string of the molecule is Nc1ncnc(Cl)c1C#CC1CCCCC1. The zero-order valence-electron chi connectivity index (χ0n) is 9.04. The van der Waals surface area contributed by atoms with Gasteiger partial charge in [0, 0.05) is 5.92 Å². The van der Waals surface area contributed by atoms with Gasteiger partial charge in [0.05, 0.1) is 0 Å². The minimum atomic E-state index is 0.343. The Morgan fingerprint density at radius 2 is 2.00 bits per heavy atom. The summed E-state index contributed by atoms with van der Waals surface area (Å²) in [5.74, 6) is 7.08. The predicted octanol–water partition coefficient (Wildman–Crippen LogP) is 2.64. The van der Waals surface area contributed by atoms with Crippen LogP contribution in [0.1, 0.15) is 37.7 Å². The number of hydrogen-bond donors (Lipinski definition) is 1. The van der Waals surface area contributed by atoms with Crippen LogP contribution in [0, 0.1) is 17.8 Å². The molecule has 0 radical (unpaired) electrons. The molecule has 1 heterocycles. The predicted molar refractivity (Wildman–Crippen MR) is 64.9 cm³/mol. The molecule has 1 aliphatic carbocycles. The van der Waals surface area contributed by atoms with Crippen LogP contribution in [0.4, 0.5) is 5.82 Å². The zero-order valence-corrected chi connectivity index (χ0v) is 9.80. The fourth-order valence-corrected chi connectivity index (χ4v) is 2.10. The van der Waals surface area contributed by atoms with Gasteiger partial charge in [-0.3, -0.25) is 0 Å². The summed E-state index contributed by atoms with van der Waals surface area (Å²) < 4.78 is 0. The molecule has 2 rings (SSSR count). The topological polar surface area (TPSA) is 51.8 Å². The van der Waals surface area contributed by atoms with E-state index in [0.29, 0.717) is 22.5 Å². The molecule has 1 aliphatic rings. The van der Waals surface area contributed by atoms with E-state index in [1.807, 2.05) is 0 Å². The Balaban J connectivity index is 2.16. The van der Waals surface area contributed by atoms with E-state index in [2.05, 4.69) is 21.8 Å². The first kappa shape index (κ1) is 11.2. The van der Waals surface area contributed by atoms with E-state index in [-0.39, 0.29) is 0 Å². The van der Waals surface area contributed by atoms with Gasteiger partial charge in [0.25, 0.3) is 0 Å². The van der Waals surface area contributed by atoms with Crippen LogP contribution >= 0.6 is 11.6 Å². The highest BCUT2D eigenvalue weighted by Crippen LogP contribution is 2.23. The normalized spacial score (nSPS) is 16.6. The third kappa shape index (κ3) is 2.65. The highest BCUT2D eigenvalue weighted by molar-refractivity contribution is 6.30. The van der Waals surface area contributed by atoms with Crippen LogP contribution < -0.4 is 5.73 Å². The van der Waals surface area contributed by atoms with Crippen LogP contribution in [0.2, 0.25) is 5.15 Å². The molecule has 2 N–H and O–H groups in total. The Hall–Kier alpha value is -1.27. The third-order valence-corrected chi connectivity index (χ3v) is 3.12. The van der Waals surface area contributed by atoms with Crippen molar-refractivity contribution in [3.8, 4) is 11.8 Å². The molecule has 0 saturated heterocycles. The highest BCUT2D eigenvalue weighted by atomic mass is 35.5. The van der Waals surface area contributed by atoms with Gasteiger partial charge >= 0.3 is 0 Å². The third-order valence-electron chi connectivity index (χ3n) is 2.84. The molecule has 0 amide bonds. The highest BCUT2D eigenvalue weighted by Gasteiger charge is 2.10. The Labute approximate surface area is 100 Å². The summed E-state index contributed by atoms with van der Waals surface area (Å²) >= 11 is 5.91. The van der Waals surface area contributed by atoms with Crippen molar-refractivity contribution in [1.29, 1.82) is 0 Å². The minimum absolute atomic E-state index is 0.343. The fraction of sp³-hybridized carbons (Fsp3) is 0.500. The van der Waals surface area contributed by atoms with Crippen LogP contribution in [0.25, 0.3) is 0 Å². The first-order valence-electron chi connectivity index (χ1n) is 5.55. The number of hydrogen-bond acceptors (Lipinski definition) is 3. The van der Waals surface area contributed by atoms with Crippen molar-refractivity contribution < 1.29 is 0 Å². The summed E-state index contributed by atoms with van der Waals surface area (Å²) in [6.07, 6.45) is 7.58. The molecule has 84 valence electrons. The quantitative estimate of drug-likeness (QED) is 0.556. The van der Waals surface area contributed by atoms with Crippen molar-refractivity contribution in [1.82, 2.24) is 9.97 Å². The van der Waals surface area contributed by atoms with E-state index < -0.39 is 0 Å². The molecule has 0 bridgehead atoms. The molecule has 0 atom stereocenters. The molecule has 1 aromatic heterocycles. The molecule has 4 heteroatoms. The lowest BCUT2D eigenvalue weighted by atomic mass is 9.90. The van der Waals surface area contributed by atoms with Crippen molar-refractivity contribution >= 4 is 17.4 Å². The molecule has 16 heavy (non-hydrogen) atoms. The average Bonchev–Trinajstić information content (AvgIpc) is 2.30. The van der Waals surface area contributed by atoms with Gasteiger partial charge < -0.3 is 5.73 Å². The molecule has 0 unspecified atom stereocenters. The molecule has 0 aromatic carbocycles. The van der Waals surface area contributed by atoms with Gasteiger partial charge in [0.2, 0.25) is 0 Å². The summed E-state index contributed by atoms with van der Waals surface area (Å²) in [4.78, 5) is 7.76.